The number of nitrogens with zero attached hydrogens (tertiary/aromatic N) is 2. The Kier molecular flexibility index (Phi) is 2.73. The fourth-order valence-corrected chi connectivity index (χ4v) is 1.16. The molecular formula is C10H10N4O. The molecule has 0 atom stereocenters. The first-order valence-corrected chi connectivity index (χ1v) is 4.52. The van der Waals surface area contributed by atoms with Crippen LogP contribution in [-0.2, 0) is 6.54 Å². The van der Waals surface area contributed by atoms with E-state index < -0.39 is 0 Å². The van der Waals surface area contributed by atoms with Gasteiger partial charge in [-0.2, -0.15) is 0 Å². The van der Waals surface area contributed by atoms with E-state index in [0.29, 0.717) is 12.1 Å². The quantitative estimate of drug-likeness (QED) is 0.771. The van der Waals surface area contributed by atoms with Gasteiger partial charge >= 0.3 is 0 Å². The third kappa shape index (κ3) is 2.40. The lowest BCUT2D eigenvalue weighted by molar-refractivity contribution is 0.0950. The Morgan fingerprint density at radius 2 is 2.33 bits per heavy atom. The van der Waals surface area contributed by atoms with Crippen molar-refractivity contribution in [3.8, 4) is 0 Å². The highest BCUT2D eigenvalue weighted by Gasteiger charge is 2.04. The lowest BCUT2D eigenvalue weighted by atomic mass is 10.2. The molecule has 0 saturated heterocycles. The van der Waals surface area contributed by atoms with E-state index >= 15 is 0 Å². The van der Waals surface area contributed by atoms with Crippen molar-refractivity contribution in [3.05, 3.63) is 48.3 Å². The van der Waals surface area contributed by atoms with Gasteiger partial charge in [0.25, 0.3) is 5.91 Å². The van der Waals surface area contributed by atoms with Crippen LogP contribution in [-0.4, -0.2) is 20.9 Å². The van der Waals surface area contributed by atoms with Gasteiger partial charge in [-0.25, -0.2) is 4.98 Å². The zero-order valence-corrected chi connectivity index (χ0v) is 7.97. The average molecular weight is 202 g/mol. The van der Waals surface area contributed by atoms with Crippen molar-refractivity contribution < 1.29 is 4.79 Å². The molecule has 0 unspecified atom stereocenters. The van der Waals surface area contributed by atoms with Crippen molar-refractivity contribution in [1.29, 1.82) is 0 Å². The van der Waals surface area contributed by atoms with Gasteiger partial charge in [0, 0.05) is 18.6 Å². The number of aromatic nitrogens is 3. The van der Waals surface area contributed by atoms with Crippen LogP contribution < -0.4 is 5.32 Å². The summed E-state index contributed by atoms with van der Waals surface area (Å²) in [5.41, 5.74) is 1.42. The number of H-pyrrole nitrogens is 1. The maximum absolute atomic E-state index is 11.6. The molecule has 0 spiro atoms. The number of imidazole rings is 1. The molecule has 1 amide bonds. The molecule has 2 aromatic rings. The molecule has 0 aliphatic heterocycles. The number of carbonyl (C=O) groups excluding carboxylic acids is 1. The smallest absolute Gasteiger partial charge is 0.253 e. The van der Waals surface area contributed by atoms with Crippen LogP contribution >= 0.6 is 0 Å². The first kappa shape index (κ1) is 9.39. The highest BCUT2D eigenvalue weighted by Crippen LogP contribution is 1.96. The maximum Gasteiger partial charge on any atom is 0.253 e. The van der Waals surface area contributed by atoms with Crippen molar-refractivity contribution in [2.75, 3.05) is 0 Å². The van der Waals surface area contributed by atoms with Crippen LogP contribution in [0.25, 0.3) is 0 Å². The number of hydrogen-bond acceptors (Lipinski definition) is 3. The van der Waals surface area contributed by atoms with Gasteiger partial charge in [0.1, 0.15) is 0 Å². The fraction of sp³-hybridized carbons (Fsp3) is 0.100. The zero-order valence-electron chi connectivity index (χ0n) is 7.97. The molecular weight excluding hydrogens is 192 g/mol. The summed E-state index contributed by atoms with van der Waals surface area (Å²) in [7, 11) is 0. The van der Waals surface area contributed by atoms with Crippen molar-refractivity contribution in [2.45, 2.75) is 6.54 Å². The molecule has 0 aliphatic rings. The van der Waals surface area contributed by atoms with E-state index in [9.17, 15) is 4.79 Å². The molecule has 2 rings (SSSR count). The van der Waals surface area contributed by atoms with Gasteiger partial charge in [-0.05, 0) is 12.1 Å². The topological polar surface area (TPSA) is 70.7 Å². The summed E-state index contributed by atoms with van der Waals surface area (Å²) in [6, 6.07) is 3.44. The van der Waals surface area contributed by atoms with Gasteiger partial charge in [-0.1, -0.05) is 0 Å². The van der Waals surface area contributed by atoms with Gasteiger partial charge in [0.15, 0.2) is 0 Å². The van der Waals surface area contributed by atoms with Crippen LogP contribution in [0.4, 0.5) is 0 Å². The number of aromatic amines is 1. The summed E-state index contributed by atoms with van der Waals surface area (Å²) in [6.07, 6.45) is 6.41. The minimum absolute atomic E-state index is 0.141. The molecule has 0 bridgehead atoms. The van der Waals surface area contributed by atoms with Crippen molar-refractivity contribution in [2.24, 2.45) is 0 Å². The molecule has 5 heteroatoms. The van der Waals surface area contributed by atoms with Crippen LogP contribution in [0.15, 0.2) is 37.1 Å². The third-order valence-corrected chi connectivity index (χ3v) is 1.92. The summed E-state index contributed by atoms with van der Waals surface area (Å²) in [5.74, 6) is -0.141. The molecule has 0 saturated carbocycles. The Labute approximate surface area is 86.6 Å². The monoisotopic (exact) mass is 202 g/mol. The largest absolute Gasteiger partial charge is 0.347 e. The summed E-state index contributed by atoms with van der Waals surface area (Å²) in [6.45, 7) is 0.438. The second kappa shape index (κ2) is 4.36. The number of rotatable bonds is 3. The molecule has 2 heterocycles. The number of carbonyl (C=O) groups is 1. The van der Waals surface area contributed by atoms with Crippen LogP contribution in [0, 0.1) is 0 Å². The molecule has 2 N–H and O–H groups in total. The van der Waals surface area contributed by atoms with E-state index in [1.807, 2.05) is 0 Å². The molecule has 76 valence electrons. The normalized spacial score (nSPS) is 9.87. The summed E-state index contributed by atoms with van der Waals surface area (Å²) < 4.78 is 0. The summed E-state index contributed by atoms with van der Waals surface area (Å²) >= 11 is 0. The summed E-state index contributed by atoms with van der Waals surface area (Å²) in [4.78, 5) is 22.2. The van der Waals surface area contributed by atoms with Crippen molar-refractivity contribution in [1.82, 2.24) is 20.3 Å². The Hall–Kier alpha value is -2.17. The van der Waals surface area contributed by atoms with Gasteiger partial charge < -0.3 is 10.3 Å². The first-order valence-electron chi connectivity index (χ1n) is 4.52. The van der Waals surface area contributed by atoms with Crippen molar-refractivity contribution >= 4 is 5.91 Å². The maximum atomic E-state index is 11.6. The number of amides is 1. The lowest BCUT2D eigenvalue weighted by Crippen LogP contribution is -2.22. The molecule has 0 radical (unpaired) electrons. The van der Waals surface area contributed by atoms with Crippen LogP contribution in [0.2, 0.25) is 0 Å². The highest BCUT2D eigenvalue weighted by atomic mass is 16.1. The van der Waals surface area contributed by atoms with Crippen LogP contribution in [0.5, 0.6) is 0 Å². The predicted molar refractivity (Wildman–Crippen MR) is 54.0 cm³/mol. The minimum atomic E-state index is -0.141. The molecule has 0 fully saturated rings. The third-order valence-electron chi connectivity index (χ3n) is 1.92. The van der Waals surface area contributed by atoms with Crippen LogP contribution in [0.1, 0.15) is 16.1 Å². The zero-order chi connectivity index (χ0) is 10.5. The average Bonchev–Trinajstić information content (AvgIpc) is 2.80. The molecule has 5 nitrogen and oxygen atoms in total. The number of hydrogen-bond donors (Lipinski definition) is 2. The second-order valence-electron chi connectivity index (χ2n) is 3.00. The Morgan fingerprint density at radius 1 is 1.40 bits per heavy atom. The molecule has 0 aliphatic carbocycles. The lowest BCUT2D eigenvalue weighted by Gasteiger charge is -2.02. The van der Waals surface area contributed by atoms with E-state index in [1.54, 1.807) is 30.9 Å². The number of pyridine rings is 1. The molecule has 0 aromatic carbocycles. The molecule has 2 aromatic heterocycles. The van der Waals surface area contributed by atoms with E-state index in [4.69, 9.17) is 0 Å². The SMILES string of the molecule is O=C(NCc1cnc[nH]1)c1cccnc1. The number of nitrogens with one attached hydrogen (secondary N) is 2. The molecule has 15 heavy (non-hydrogen) atoms. The summed E-state index contributed by atoms with van der Waals surface area (Å²) in [5, 5.41) is 2.75. The van der Waals surface area contributed by atoms with E-state index in [0.717, 1.165) is 5.69 Å². The van der Waals surface area contributed by atoms with Gasteiger partial charge in [0.2, 0.25) is 0 Å². The highest BCUT2D eigenvalue weighted by molar-refractivity contribution is 5.93. The van der Waals surface area contributed by atoms with Crippen molar-refractivity contribution in [3.63, 3.8) is 0 Å². The Morgan fingerprint density at radius 3 is 3.00 bits per heavy atom. The Bertz CT molecular complexity index is 424. The fourth-order valence-electron chi connectivity index (χ4n) is 1.16. The Balaban J connectivity index is 1.94. The predicted octanol–water partition coefficient (Wildman–Crippen LogP) is 0.735. The van der Waals surface area contributed by atoms with Gasteiger partial charge in [0.05, 0.1) is 24.1 Å². The van der Waals surface area contributed by atoms with E-state index in [2.05, 4.69) is 20.3 Å². The van der Waals surface area contributed by atoms with Crippen LogP contribution in [0.3, 0.4) is 0 Å². The second-order valence-corrected chi connectivity index (χ2v) is 3.00. The standard InChI is InChI=1S/C10H10N4O/c15-10(8-2-1-3-11-4-8)13-6-9-5-12-7-14-9/h1-5,7H,6H2,(H,12,14)(H,13,15). The van der Waals surface area contributed by atoms with E-state index in [1.165, 1.54) is 6.20 Å². The van der Waals surface area contributed by atoms with Gasteiger partial charge in [-0.3, -0.25) is 9.78 Å². The van der Waals surface area contributed by atoms with E-state index in [-0.39, 0.29) is 5.91 Å². The van der Waals surface area contributed by atoms with Gasteiger partial charge in [-0.15, -0.1) is 0 Å². The minimum Gasteiger partial charge on any atom is -0.347 e. The first-order chi connectivity index (χ1) is 7.36.